The molecule has 13 heteroatoms. The Labute approximate surface area is 157 Å². The average Bonchev–Trinajstić information content (AvgIpc) is 2.97. The van der Waals surface area contributed by atoms with Crippen molar-refractivity contribution >= 4 is 52.0 Å². The van der Waals surface area contributed by atoms with Gasteiger partial charge in [-0.15, -0.1) is 11.3 Å². The number of carboxylic acids is 2. The van der Waals surface area contributed by atoms with Crippen molar-refractivity contribution in [3.63, 3.8) is 0 Å². The number of nitrogens with two attached hydrogens (primary N) is 3. The number of carboxylic acid groups (broad SMARTS) is 2. The number of rotatable bonds is 9. The molecule has 11 nitrogen and oxygen atoms in total. The molecule has 0 bridgehead atoms. The molecule has 1 aromatic heterocycles. The summed E-state index contributed by atoms with van der Waals surface area (Å²) in [6.45, 7) is 0. The monoisotopic (exact) mass is 404 g/mol. The minimum Gasteiger partial charge on any atom is -0.478 e. The molecule has 144 valence electrons. The third kappa shape index (κ3) is 13.6. The van der Waals surface area contributed by atoms with Crippen LogP contribution in [0.2, 0.25) is 0 Å². The van der Waals surface area contributed by atoms with Crippen molar-refractivity contribution in [2.45, 2.75) is 12.2 Å². The standard InChI is InChI=1S/C9H16N6OS2.C4H4O4/c1-16-15-7(10)2-3-17-4-6-5-18-9(13-6)14-8(11)12;5-3(6)1-2-4(7)8/h5H,2-4H2,1H3,(H2,10,15)(H4,11,12,13,14);1-2H,(H,5,6)(H,7,8)/b;2-1-. The number of carbonyl (C=O) groups is 2. The van der Waals surface area contributed by atoms with Crippen LogP contribution in [-0.2, 0) is 20.2 Å². The Hall–Kier alpha value is -2.80. The number of thiazole rings is 1. The lowest BCUT2D eigenvalue weighted by molar-refractivity contribution is -0.134. The van der Waals surface area contributed by atoms with Crippen LogP contribution in [0, 0.1) is 0 Å². The zero-order valence-corrected chi connectivity index (χ0v) is 15.5. The van der Waals surface area contributed by atoms with Crippen molar-refractivity contribution in [3.05, 3.63) is 23.2 Å². The lowest BCUT2D eigenvalue weighted by Crippen LogP contribution is -2.21. The number of amidine groups is 1. The topological polar surface area (TPSA) is 199 Å². The maximum absolute atomic E-state index is 9.55. The van der Waals surface area contributed by atoms with Crippen LogP contribution in [0.25, 0.3) is 0 Å². The van der Waals surface area contributed by atoms with Crippen molar-refractivity contribution < 1.29 is 24.6 Å². The largest absolute Gasteiger partial charge is 0.478 e. The lowest BCUT2D eigenvalue weighted by Gasteiger charge is -1.99. The fourth-order valence-electron chi connectivity index (χ4n) is 1.18. The van der Waals surface area contributed by atoms with Gasteiger partial charge in [0, 0.05) is 35.5 Å². The zero-order valence-electron chi connectivity index (χ0n) is 13.9. The molecule has 0 saturated carbocycles. The van der Waals surface area contributed by atoms with E-state index in [1.165, 1.54) is 18.4 Å². The van der Waals surface area contributed by atoms with Crippen LogP contribution in [0.3, 0.4) is 0 Å². The normalized spacial score (nSPS) is 10.7. The molecule has 0 amide bonds. The van der Waals surface area contributed by atoms with Crippen LogP contribution < -0.4 is 17.2 Å². The van der Waals surface area contributed by atoms with E-state index in [4.69, 9.17) is 27.4 Å². The van der Waals surface area contributed by atoms with Gasteiger partial charge >= 0.3 is 11.9 Å². The van der Waals surface area contributed by atoms with E-state index in [0.29, 0.717) is 29.5 Å². The highest BCUT2D eigenvalue weighted by Crippen LogP contribution is 2.21. The predicted molar refractivity (Wildman–Crippen MR) is 101 cm³/mol. The van der Waals surface area contributed by atoms with Gasteiger partial charge in [-0.2, -0.15) is 16.8 Å². The van der Waals surface area contributed by atoms with Gasteiger partial charge in [0.2, 0.25) is 5.13 Å². The number of thioether (sulfide) groups is 1. The van der Waals surface area contributed by atoms with Crippen molar-refractivity contribution in [2.75, 3.05) is 12.9 Å². The highest BCUT2D eigenvalue weighted by atomic mass is 32.2. The van der Waals surface area contributed by atoms with Crippen LogP contribution >= 0.6 is 23.1 Å². The summed E-state index contributed by atoms with van der Waals surface area (Å²) in [6.07, 6.45) is 1.80. The van der Waals surface area contributed by atoms with Gasteiger partial charge in [0.05, 0.1) is 5.69 Å². The highest BCUT2D eigenvalue weighted by molar-refractivity contribution is 7.98. The molecule has 0 spiro atoms. The summed E-state index contributed by atoms with van der Waals surface area (Å²) in [4.78, 5) is 31.8. The molecule has 1 heterocycles. The van der Waals surface area contributed by atoms with E-state index >= 15 is 0 Å². The maximum Gasteiger partial charge on any atom is 0.328 e. The van der Waals surface area contributed by atoms with E-state index in [-0.39, 0.29) is 5.96 Å². The Morgan fingerprint density at radius 3 is 2.42 bits per heavy atom. The zero-order chi connectivity index (χ0) is 19.9. The Morgan fingerprint density at radius 2 is 1.92 bits per heavy atom. The second-order valence-corrected chi connectivity index (χ2v) is 6.18. The third-order valence-electron chi connectivity index (χ3n) is 2.09. The second kappa shape index (κ2) is 13.5. The van der Waals surface area contributed by atoms with Gasteiger partial charge in [-0.3, -0.25) is 0 Å². The molecule has 8 N–H and O–H groups in total. The predicted octanol–water partition coefficient (Wildman–Crippen LogP) is 0.302. The Kier molecular flexibility index (Phi) is 12.0. The molecular weight excluding hydrogens is 384 g/mol. The van der Waals surface area contributed by atoms with E-state index in [1.54, 1.807) is 11.8 Å². The van der Waals surface area contributed by atoms with Crippen LogP contribution in [0.15, 0.2) is 27.7 Å². The van der Waals surface area contributed by atoms with E-state index in [2.05, 4.69) is 20.0 Å². The molecule has 0 aliphatic rings. The Bertz CT molecular complexity index is 654. The first-order chi connectivity index (χ1) is 12.2. The molecule has 0 unspecified atom stereocenters. The fourth-order valence-corrected chi connectivity index (χ4v) is 2.85. The third-order valence-corrected chi connectivity index (χ3v) is 3.87. The van der Waals surface area contributed by atoms with Gasteiger partial charge in [0.25, 0.3) is 0 Å². The van der Waals surface area contributed by atoms with Gasteiger partial charge in [-0.25, -0.2) is 14.6 Å². The Balaban J connectivity index is 0.000000660. The van der Waals surface area contributed by atoms with Crippen molar-refractivity contribution in [1.29, 1.82) is 0 Å². The van der Waals surface area contributed by atoms with Crippen LogP contribution in [-0.4, -0.2) is 51.8 Å². The quantitative estimate of drug-likeness (QED) is 0.125. The van der Waals surface area contributed by atoms with Gasteiger partial charge < -0.3 is 32.3 Å². The van der Waals surface area contributed by atoms with Gasteiger partial charge in [0.15, 0.2) is 5.96 Å². The summed E-state index contributed by atoms with van der Waals surface area (Å²) >= 11 is 3.12. The molecular formula is C13H20N6O5S2. The number of guanidine groups is 1. The van der Waals surface area contributed by atoms with E-state index < -0.39 is 11.9 Å². The molecule has 0 aliphatic heterocycles. The summed E-state index contributed by atoms with van der Waals surface area (Å²) in [5.74, 6) is -0.360. The average molecular weight is 404 g/mol. The fraction of sp³-hybridized carbons (Fsp3) is 0.308. The van der Waals surface area contributed by atoms with Crippen molar-refractivity contribution in [3.8, 4) is 0 Å². The maximum atomic E-state index is 9.55. The summed E-state index contributed by atoms with van der Waals surface area (Å²) < 4.78 is 0. The number of nitrogens with zero attached hydrogens (tertiary/aromatic N) is 3. The minimum atomic E-state index is -1.26. The first-order valence-electron chi connectivity index (χ1n) is 6.85. The minimum absolute atomic E-state index is 0.0205. The molecule has 0 atom stereocenters. The number of aliphatic carboxylic acids is 2. The molecule has 1 aromatic rings. The second-order valence-electron chi connectivity index (χ2n) is 4.24. The molecule has 26 heavy (non-hydrogen) atoms. The van der Waals surface area contributed by atoms with Gasteiger partial charge in [0.1, 0.15) is 12.9 Å². The molecule has 0 aliphatic carbocycles. The van der Waals surface area contributed by atoms with Crippen LogP contribution in [0.4, 0.5) is 5.13 Å². The Morgan fingerprint density at radius 1 is 1.31 bits per heavy atom. The molecule has 1 rings (SSSR count). The van der Waals surface area contributed by atoms with E-state index in [1.807, 2.05) is 5.38 Å². The molecule has 0 radical (unpaired) electrons. The number of oxime groups is 1. The summed E-state index contributed by atoms with van der Waals surface area (Å²) in [6, 6.07) is 0. The van der Waals surface area contributed by atoms with Crippen molar-refractivity contribution in [1.82, 2.24) is 4.98 Å². The number of aliphatic imine (C=N–C) groups is 1. The first kappa shape index (κ1) is 23.2. The summed E-state index contributed by atoms with van der Waals surface area (Å²) in [7, 11) is 1.47. The number of aromatic nitrogens is 1. The summed E-state index contributed by atoms with van der Waals surface area (Å²) in [5.41, 5.74) is 17.1. The summed E-state index contributed by atoms with van der Waals surface area (Å²) in [5, 5.41) is 21.8. The first-order valence-corrected chi connectivity index (χ1v) is 8.89. The van der Waals surface area contributed by atoms with Crippen molar-refractivity contribution in [2.24, 2.45) is 27.3 Å². The molecule has 0 saturated heterocycles. The number of hydrogen-bond donors (Lipinski definition) is 5. The van der Waals surface area contributed by atoms with E-state index in [9.17, 15) is 9.59 Å². The number of hydrogen-bond acceptors (Lipinski definition) is 8. The van der Waals surface area contributed by atoms with E-state index in [0.717, 1.165) is 17.2 Å². The molecule has 0 fully saturated rings. The SMILES string of the molecule is CON=C(N)CCSCc1csc(N=C(N)N)n1.O=C(O)/C=C\C(=O)O. The smallest absolute Gasteiger partial charge is 0.328 e. The van der Waals surface area contributed by atoms with Gasteiger partial charge in [-0.1, -0.05) is 5.16 Å². The lowest BCUT2D eigenvalue weighted by atomic mass is 10.5. The highest BCUT2D eigenvalue weighted by Gasteiger charge is 2.02. The molecule has 0 aromatic carbocycles. The van der Waals surface area contributed by atoms with Crippen LogP contribution in [0.5, 0.6) is 0 Å². The van der Waals surface area contributed by atoms with Gasteiger partial charge in [-0.05, 0) is 0 Å². The van der Waals surface area contributed by atoms with Crippen LogP contribution in [0.1, 0.15) is 12.1 Å².